The van der Waals surface area contributed by atoms with E-state index in [0.717, 1.165) is 31.6 Å². The molecule has 0 spiro atoms. The van der Waals surface area contributed by atoms with E-state index in [4.69, 9.17) is 0 Å². The normalized spacial score (nSPS) is 39.0. The molecule has 1 aliphatic rings. The van der Waals surface area contributed by atoms with E-state index in [9.17, 15) is 4.39 Å². The molecule has 11 heavy (non-hydrogen) atoms. The summed E-state index contributed by atoms with van der Waals surface area (Å²) in [7, 11) is 0. The predicted octanol–water partition coefficient (Wildman–Crippen LogP) is 3.70. The Morgan fingerprint density at radius 1 is 1.27 bits per heavy atom. The quantitative estimate of drug-likeness (QED) is 0.574. The van der Waals surface area contributed by atoms with E-state index in [1.807, 2.05) is 6.92 Å². The fourth-order valence-corrected chi connectivity index (χ4v) is 1.96. The van der Waals surface area contributed by atoms with Crippen molar-refractivity contribution in [3.05, 3.63) is 0 Å². The van der Waals surface area contributed by atoms with Crippen LogP contribution in [0.15, 0.2) is 0 Å². The largest absolute Gasteiger partial charge is 0.244 e. The second-order valence-electron chi connectivity index (χ2n) is 3.86. The number of rotatable bonds is 2. The van der Waals surface area contributed by atoms with Crippen LogP contribution in [0.4, 0.5) is 4.39 Å². The zero-order valence-electron chi connectivity index (χ0n) is 7.70. The van der Waals surface area contributed by atoms with Crippen molar-refractivity contribution in [2.24, 2.45) is 5.92 Å². The summed E-state index contributed by atoms with van der Waals surface area (Å²) in [5.41, 5.74) is -0.800. The highest BCUT2D eigenvalue weighted by molar-refractivity contribution is 4.84. The minimum atomic E-state index is -0.800. The van der Waals surface area contributed by atoms with Gasteiger partial charge in [0.25, 0.3) is 0 Å². The molecule has 0 heterocycles. The third-order valence-electron chi connectivity index (χ3n) is 3.21. The Hall–Kier alpha value is -0.0700. The maximum Gasteiger partial charge on any atom is 0.110 e. The van der Waals surface area contributed by atoms with Gasteiger partial charge in [-0.3, -0.25) is 0 Å². The topological polar surface area (TPSA) is 0 Å². The summed E-state index contributed by atoms with van der Waals surface area (Å²) in [6.45, 7) is 4.17. The highest BCUT2D eigenvalue weighted by Gasteiger charge is 2.32. The van der Waals surface area contributed by atoms with Crippen LogP contribution in [0.2, 0.25) is 0 Å². The molecule has 0 aliphatic heterocycles. The van der Waals surface area contributed by atoms with Crippen molar-refractivity contribution >= 4 is 0 Å². The standard InChI is InChI=1S/C10H19F/c1-3-9-5-7-10(11,4-2)8-6-9/h9H,3-8H2,1-2H3. The molecule has 0 amide bonds. The van der Waals surface area contributed by atoms with Crippen LogP contribution < -0.4 is 0 Å². The van der Waals surface area contributed by atoms with Gasteiger partial charge in [-0.2, -0.15) is 0 Å². The van der Waals surface area contributed by atoms with E-state index in [0.29, 0.717) is 6.42 Å². The Morgan fingerprint density at radius 3 is 2.18 bits per heavy atom. The fourth-order valence-electron chi connectivity index (χ4n) is 1.96. The Morgan fingerprint density at radius 2 is 1.82 bits per heavy atom. The van der Waals surface area contributed by atoms with Crippen LogP contribution in [0.1, 0.15) is 52.4 Å². The lowest BCUT2D eigenvalue weighted by Crippen LogP contribution is -2.28. The Balaban J connectivity index is 2.35. The van der Waals surface area contributed by atoms with Gasteiger partial charge in [-0.25, -0.2) is 4.39 Å². The highest BCUT2D eigenvalue weighted by Crippen LogP contribution is 2.38. The second kappa shape index (κ2) is 3.55. The SMILES string of the molecule is CCC1CCC(F)(CC)CC1. The molecule has 0 nitrogen and oxygen atoms in total. The van der Waals surface area contributed by atoms with Gasteiger partial charge >= 0.3 is 0 Å². The van der Waals surface area contributed by atoms with Crippen LogP contribution >= 0.6 is 0 Å². The van der Waals surface area contributed by atoms with Crippen molar-refractivity contribution in [1.29, 1.82) is 0 Å². The molecule has 0 N–H and O–H groups in total. The number of alkyl halides is 1. The molecule has 1 rings (SSSR count). The minimum absolute atomic E-state index is 0.712. The Kier molecular flexibility index (Phi) is 2.91. The summed E-state index contributed by atoms with van der Waals surface area (Å²) >= 11 is 0. The van der Waals surface area contributed by atoms with Crippen LogP contribution in [0.5, 0.6) is 0 Å². The van der Waals surface area contributed by atoms with Gasteiger partial charge in [0.2, 0.25) is 0 Å². The van der Waals surface area contributed by atoms with E-state index in [1.54, 1.807) is 0 Å². The summed E-state index contributed by atoms with van der Waals surface area (Å²) in [6, 6.07) is 0. The first-order valence-electron chi connectivity index (χ1n) is 4.89. The van der Waals surface area contributed by atoms with Crippen LogP contribution in [0.3, 0.4) is 0 Å². The average Bonchev–Trinajstić information content (AvgIpc) is 2.06. The number of hydrogen-bond acceptors (Lipinski definition) is 0. The van der Waals surface area contributed by atoms with Gasteiger partial charge in [0.1, 0.15) is 5.67 Å². The molecule has 1 saturated carbocycles. The summed E-state index contributed by atoms with van der Waals surface area (Å²) in [6.07, 6.45) is 5.79. The zero-order chi connectivity index (χ0) is 8.32. The molecule has 1 aliphatic carbocycles. The number of hydrogen-bond donors (Lipinski definition) is 0. The lowest BCUT2D eigenvalue weighted by atomic mass is 9.78. The highest BCUT2D eigenvalue weighted by atomic mass is 19.1. The lowest BCUT2D eigenvalue weighted by molar-refractivity contribution is 0.0786. The molecule has 0 aromatic heterocycles. The maximum atomic E-state index is 13.6. The minimum Gasteiger partial charge on any atom is -0.244 e. The molecule has 0 aromatic rings. The van der Waals surface area contributed by atoms with Crippen molar-refractivity contribution in [1.82, 2.24) is 0 Å². The summed E-state index contributed by atoms with van der Waals surface area (Å²) < 4.78 is 13.6. The first-order chi connectivity index (χ1) is 5.20. The maximum absolute atomic E-state index is 13.6. The van der Waals surface area contributed by atoms with Gasteiger partial charge < -0.3 is 0 Å². The Bertz CT molecular complexity index is 112. The summed E-state index contributed by atoms with van der Waals surface area (Å²) in [5, 5.41) is 0. The average molecular weight is 158 g/mol. The van der Waals surface area contributed by atoms with Crippen molar-refractivity contribution in [2.45, 2.75) is 58.0 Å². The van der Waals surface area contributed by atoms with Crippen molar-refractivity contribution in [3.8, 4) is 0 Å². The smallest absolute Gasteiger partial charge is 0.110 e. The van der Waals surface area contributed by atoms with Gasteiger partial charge in [-0.15, -0.1) is 0 Å². The van der Waals surface area contributed by atoms with Gasteiger partial charge in [0.05, 0.1) is 0 Å². The lowest BCUT2D eigenvalue weighted by Gasteiger charge is -2.32. The molecule has 0 radical (unpaired) electrons. The van der Waals surface area contributed by atoms with Crippen molar-refractivity contribution in [3.63, 3.8) is 0 Å². The van der Waals surface area contributed by atoms with Crippen LogP contribution in [0.25, 0.3) is 0 Å². The van der Waals surface area contributed by atoms with Crippen molar-refractivity contribution < 1.29 is 4.39 Å². The molecule has 0 unspecified atom stereocenters. The van der Waals surface area contributed by atoms with E-state index in [1.165, 1.54) is 6.42 Å². The summed E-state index contributed by atoms with van der Waals surface area (Å²) in [5.74, 6) is 0.811. The zero-order valence-corrected chi connectivity index (χ0v) is 7.70. The van der Waals surface area contributed by atoms with Crippen LogP contribution in [0, 0.1) is 5.92 Å². The third kappa shape index (κ3) is 2.18. The summed E-state index contributed by atoms with van der Waals surface area (Å²) in [4.78, 5) is 0. The van der Waals surface area contributed by atoms with Gasteiger partial charge in [0, 0.05) is 0 Å². The third-order valence-corrected chi connectivity index (χ3v) is 3.21. The molecule has 66 valence electrons. The first-order valence-corrected chi connectivity index (χ1v) is 4.89. The van der Waals surface area contributed by atoms with Crippen molar-refractivity contribution in [2.75, 3.05) is 0 Å². The number of halogens is 1. The molecular formula is C10H19F. The molecule has 1 fully saturated rings. The molecule has 1 heteroatoms. The van der Waals surface area contributed by atoms with E-state index in [2.05, 4.69) is 6.92 Å². The molecule has 0 atom stereocenters. The molecule has 0 aromatic carbocycles. The van der Waals surface area contributed by atoms with E-state index < -0.39 is 5.67 Å². The van der Waals surface area contributed by atoms with Gasteiger partial charge in [0.15, 0.2) is 0 Å². The fraction of sp³-hybridized carbons (Fsp3) is 1.00. The first kappa shape index (κ1) is 9.02. The predicted molar refractivity (Wildman–Crippen MR) is 46.4 cm³/mol. The second-order valence-corrected chi connectivity index (χ2v) is 3.86. The van der Waals surface area contributed by atoms with Crippen LogP contribution in [-0.4, -0.2) is 5.67 Å². The van der Waals surface area contributed by atoms with E-state index >= 15 is 0 Å². The molecule has 0 bridgehead atoms. The van der Waals surface area contributed by atoms with Gasteiger partial charge in [-0.1, -0.05) is 20.3 Å². The van der Waals surface area contributed by atoms with E-state index in [-0.39, 0.29) is 0 Å². The monoisotopic (exact) mass is 158 g/mol. The Labute approximate surface area is 69.2 Å². The molecular weight excluding hydrogens is 139 g/mol. The van der Waals surface area contributed by atoms with Crippen LogP contribution in [-0.2, 0) is 0 Å². The molecule has 0 saturated heterocycles. The van der Waals surface area contributed by atoms with Gasteiger partial charge in [-0.05, 0) is 38.0 Å².